The molecule has 1 heterocycles. The Morgan fingerprint density at radius 3 is 2.56 bits per heavy atom. The van der Waals surface area contributed by atoms with Gasteiger partial charge in [-0.25, -0.2) is 0 Å². The molecule has 0 spiro atoms. The maximum atomic E-state index is 10.5. The number of aliphatic hydroxyl groups excluding tert-OH is 1. The highest BCUT2D eigenvalue weighted by atomic mass is 19.4. The molecule has 156 valence electrons. The second-order valence-electron chi connectivity index (χ2n) is 7.52. The van der Waals surface area contributed by atoms with Gasteiger partial charge < -0.3 is 20.3 Å². The molecular weight excluding hydrogens is 359 g/mol. The number of nitrogens with two attached hydrogens (primary N) is 1. The molecule has 2 rings (SSSR count). The molecule has 5 atom stereocenters. The molecular formula is C20H32F3NO3. The number of carboxylic acids is 1. The van der Waals surface area contributed by atoms with E-state index in [2.05, 4.69) is 43.5 Å². The lowest BCUT2D eigenvalue weighted by atomic mass is 9.70. The predicted octanol–water partition coefficient (Wildman–Crippen LogP) is 2.09. The molecule has 0 amide bonds. The molecule has 1 saturated heterocycles. The van der Waals surface area contributed by atoms with Crippen molar-refractivity contribution in [3.8, 4) is 0 Å². The highest BCUT2D eigenvalue weighted by Crippen LogP contribution is 2.35. The normalized spacial score (nSPS) is 31.4. The molecule has 2 fully saturated rings. The summed E-state index contributed by atoms with van der Waals surface area (Å²) in [6.45, 7) is 4.40. The Morgan fingerprint density at radius 1 is 1.30 bits per heavy atom. The van der Waals surface area contributed by atoms with Crippen molar-refractivity contribution in [2.24, 2.45) is 11.8 Å². The second kappa shape index (κ2) is 11.5. The molecule has 2 aliphatic rings. The quantitative estimate of drug-likeness (QED) is 0.557. The zero-order chi connectivity index (χ0) is 20.4. The third kappa shape index (κ3) is 8.47. The Kier molecular flexibility index (Phi) is 10.1. The number of aliphatic carboxylic acids is 1. The number of halogens is 3. The summed E-state index contributed by atoms with van der Waals surface area (Å²) in [5, 5.41) is 21.3. The van der Waals surface area contributed by atoms with Gasteiger partial charge in [-0.1, -0.05) is 44.1 Å². The number of unbranched alkanes of at least 4 members (excludes halogenated alkanes) is 2. The SMILES string of the molecule is CCCC/C=C/C=C/[C@@H]1CCC[C@H]2[NH2+][C@@H](C)[C@@H](O)C[C@@H]12.O=C([O-])C(F)(F)F. The van der Waals surface area contributed by atoms with Gasteiger partial charge in [0.25, 0.3) is 0 Å². The summed E-state index contributed by atoms with van der Waals surface area (Å²) in [7, 11) is 0. The Balaban J connectivity index is 0.000000445. The second-order valence-corrected chi connectivity index (χ2v) is 7.52. The highest BCUT2D eigenvalue weighted by molar-refractivity contribution is 5.70. The van der Waals surface area contributed by atoms with Crippen LogP contribution >= 0.6 is 0 Å². The van der Waals surface area contributed by atoms with E-state index in [1.165, 1.54) is 38.5 Å². The van der Waals surface area contributed by atoms with Crippen LogP contribution in [0.5, 0.6) is 0 Å². The van der Waals surface area contributed by atoms with Crippen LogP contribution in [0.4, 0.5) is 13.2 Å². The third-order valence-corrected chi connectivity index (χ3v) is 5.41. The summed E-state index contributed by atoms with van der Waals surface area (Å²) in [5.74, 6) is -1.66. The van der Waals surface area contributed by atoms with Gasteiger partial charge in [-0.3, -0.25) is 0 Å². The number of quaternary nitrogens is 1. The van der Waals surface area contributed by atoms with Gasteiger partial charge in [0.15, 0.2) is 0 Å². The van der Waals surface area contributed by atoms with Gasteiger partial charge in [-0.15, -0.1) is 0 Å². The fraction of sp³-hybridized carbons (Fsp3) is 0.750. The first kappa shape index (κ1) is 23.7. The smallest absolute Gasteiger partial charge is 0.430 e. The number of carbonyl (C=O) groups is 1. The minimum atomic E-state index is -5.19. The number of hydrogen-bond donors (Lipinski definition) is 2. The van der Waals surface area contributed by atoms with Crippen LogP contribution in [0, 0.1) is 11.8 Å². The van der Waals surface area contributed by atoms with Crippen molar-refractivity contribution < 1.29 is 33.5 Å². The van der Waals surface area contributed by atoms with E-state index in [-0.39, 0.29) is 6.10 Å². The first-order valence-corrected chi connectivity index (χ1v) is 9.81. The Hall–Kier alpha value is -1.34. The molecule has 0 aromatic carbocycles. The van der Waals surface area contributed by atoms with Gasteiger partial charge in [-0.2, -0.15) is 13.2 Å². The number of carbonyl (C=O) groups excluding carboxylic acids is 1. The number of allylic oxidation sites excluding steroid dienone is 4. The number of alkyl halides is 3. The maximum Gasteiger partial charge on any atom is 0.430 e. The van der Waals surface area contributed by atoms with Crippen molar-refractivity contribution in [3.63, 3.8) is 0 Å². The monoisotopic (exact) mass is 391 g/mol. The van der Waals surface area contributed by atoms with Crippen LogP contribution in [0.3, 0.4) is 0 Å². The molecule has 0 radical (unpaired) electrons. The van der Waals surface area contributed by atoms with Gasteiger partial charge in [-0.05, 0) is 44.9 Å². The number of hydrogen-bond acceptors (Lipinski definition) is 3. The van der Waals surface area contributed by atoms with Crippen molar-refractivity contribution in [2.75, 3.05) is 0 Å². The minimum absolute atomic E-state index is 0.120. The topological polar surface area (TPSA) is 77.0 Å². The molecule has 0 aromatic rings. The lowest BCUT2D eigenvalue weighted by Crippen LogP contribution is -3.00. The fourth-order valence-corrected chi connectivity index (χ4v) is 3.88. The molecule has 0 aromatic heterocycles. The number of aliphatic hydroxyl groups is 1. The van der Waals surface area contributed by atoms with E-state index >= 15 is 0 Å². The fourth-order valence-electron chi connectivity index (χ4n) is 3.88. The van der Waals surface area contributed by atoms with E-state index in [4.69, 9.17) is 9.90 Å². The van der Waals surface area contributed by atoms with Crippen LogP contribution in [0.25, 0.3) is 0 Å². The number of fused-ring (bicyclic) bond motifs is 1. The van der Waals surface area contributed by atoms with E-state index in [9.17, 15) is 18.3 Å². The van der Waals surface area contributed by atoms with Gasteiger partial charge >= 0.3 is 6.18 Å². The van der Waals surface area contributed by atoms with Crippen molar-refractivity contribution in [3.05, 3.63) is 24.3 Å². The molecule has 1 saturated carbocycles. The first-order valence-electron chi connectivity index (χ1n) is 9.81. The van der Waals surface area contributed by atoms with Gasteiger partial charge in [0, 0.05) is 5.92 Å². The lowest BCUT2D eigenvalue weighted by molar-refractivity contribution is -0.744. The van der Waals surface area contributed by atoms with Crippen LogP contribution in [0.1, 0.15) is 58.8 Å². The van der Waals surface area contributed by atoms with E-state index in [1.807, 2.05) is 0 Å². The molecule has 1 aliphatic heterocycles. The Labute approximate surface area is 159 Å². The van der Waals surface area contributed by atoms with Crippen LogP contribution in [-0.2, 0) is 4.79 Å². The number of carboxylic acid groups (broad SMARTS) is 1. The summed E-state index contributed by atoms with van der Waals surface area (Å²) in [6.07, 6.45) is 12.5. The molecule has 4 nitrogen and oxygen atoms in total. The van der Waals surface area contributed by atoms with Crippen LogP contribution < -0.4 is 10.4 Å². The van der Waals surface area contributed by atoms with Crippen molar-refractivity contribution in [1.29, 1.82) is 0 Å². The molecule has 0 bridgehead atoms. The summed E-state index contributed by atoms with van der Waals surface area (Å²) in [6, 6.07) is 1.12. The van der Waals surface area contributed by atoms with Gasteiger partial charge in [0.1, 0.15) is 18.1 Å². The summed E-state index contributed by atoms with van der Waals surface area (Å²) < 4.78 is 31.5. The summed E-state index contributed by atoms with van der Waals surface area (Å²) in [5.41, 5.74) is 0. The van der Waals surface area contributed by atoms with Gasteiger partial charge in [0.05, 0.1) is 6.04 Å². The minimum Gasteiger partial charge on any atom is -0.542 e. The Bertz CT molecular complexity index is 505. The van der Waals surface area contributed by atoms with Gasteiger partial charge in [0.2, 0.25) is 0 Å². The van der Waals surface area contributed by atoms with Crippen LogP contribution in [-0.4, -0.2) is 35.4 Å². The molecule has 7 heteroatoms. The van der Waals surface area contributed by atoms with E-state index in [0.717, 1.165) is 12.5 Å². The largest absolute Gasteiger partial charge is 0.542 e. The lowest BCUT2D eigenvalue weighted by Gasteiger charge is -2.42. The van der Waals surface area contributed by atoms with E-state index < -0.39 is 12.1 Å². The molecule has 0 unspecified atom stereocenters. The molecule has 3 N–H and O–H groups in total. The van der Waals surface area contributed by atoms with E-state index in [0.29, 0.717) is 17.9 Å². The highest BCUT2D eigenvalue weighted by Gasteiger charge is 2.42. The third-order valence-electron chi connectivity index (χ3n) is 5.41. The molecule has 27 heavy (non-hydrogen) atoms. The van der Waals surface area contributed by atoms with E-state index in [1.54, 1.807) is 0 Å². The average Bonchev–Trinajstić information content (AvgIpc) is 2.59. The van der Waals surface area contributed by atoms with Crippen LogP contribution in [0.2, 0.25) is 0 Å². The number of piperidine rings is 1. The summed E-state index contributed by atoms with van der Waals surface area (Å²) in [4.78, 5) is 8.78. The predicted molar refractivity (Wildman–Crippen MR) is 95.5 cm³/mol. The van der Waals surface area contributed by atoms with Crippen molar-refractivity contribution in [2.45, 2.75) is 83.2 Å². The first-order chi connectivity index (χ1) is 12.7. The average molecular weight is 391 g/mol. The molecule has 1 aliphatic carbocycles. The number of rotatable bonds is 5. The zero-order valence-electron chi connectivity index (χ0n) is 16.1. The van der Waals surface area contributed by atoms with Crippen molar-refractivity contribution >= 4 is 5.97 Å². The Morgan fingerprint density at radius 2 is 1.96 bits per heavy atom. The van der Waals surface area contributed by atoms with Crippen LogP contribution in [0.15, 0.2) is 24.3 Å². The summed E-state index contributed by atoms with van der Waals surface area (Å²) >= 11 is 0. The zero-order valence-corrected chi connectivity index (χ0v) is 16.1. The van der Waals surface area contributed by atoms with Crippen molar-refractivity contribution in [1.82, 2.24) is 0 Å². The maximum absolute atomic E-state index is 10.5. The standard InChI is InChI=1S/C18H31NO.C2HF3O2/c1-3-4-5-6-7-8-10-15-11-9-12-17-16(15)13-18(20)14(2)19-17;3-2(4,5)1(6)7/h6-8,10,14-20H,3-5,9,11-13H2,1-2H3;(H,6,7)/b7-6+,10-8+;/t14-,15+,16-,17+,18-;/m0./s1.